The van der Waals surface area contributed by atoms with E-state index in [4.69, 9.17) is 0 Å². The molecule has 2 aromatic carbocycles. The SMILES string of the molecule is Cc1ccc(N2CCN(C)CC2)cc1C(=O)N[C@H](C)c1cc(-c2cnn(C)c2)cc(-c2ccc(C(=O)O)s2)c1. The van der Waals surface area contributed by atoms with Crippen LogP contribution >= 0.6 is 11.3 Å². The van der Waals surface area contributed by atoms with E-state index in [-0.39, 0.29) is 16.8 Å². The molecule has 1 aliphatic heterocycles. The van der Waals surface area contributed by atoms with Crippen LogP contribution in [0.2, 0.25) is 0 Å². The van der Waals surface area contributed by atoms with Crippen molar-refractivity contribution in [2.45, 2.75) is 19.9 Å². The number of nitrogens with one attached hydrogen (secondary N) is 1. The van der Waals surface area contributed by atoms with Crippen molar-refractivity contribution in [2.75, 3.05) is 38.1 Å². The molecule has 1 amide bonds. The molecule has 1 aliphatic rings. The van der Waals surface area contributed by atoms with E-state index >= 15 is 0 Å². The van der Waals surface area contributed by atoms with Gasteiger partial charge < -0.3 is 20.2 Å². The first-order chi connectivity index (χ1) is 18.7. The molecule has 1 atom stereocenters. The van der Waals surface area contributed by atoms with Gasteiger partial charge in [0.25, 0.3) is 5.91 Å². The number of amides is 1. The minimum absolute atomic E-state index is 0.117. The predicted octanol–water partition coefficient (Wildman–Crippen LogP) is 5.07. The molecule has 2 N–H and O–H groups in total. The third-order valence-electron chi connectivity index (χ3n) is 7.28. The smallest absolute Gasteiger partial charge is 0.345 e. The molecule has 0 aliphatic carbocycles. The Morgan fingerprint density at radius 2 is 1.72 bits per heavy atom. The fourth-order valence-electron chi connectivity index (χ4n) is 4.86. The Morgan fingerprint density at radius 1 is 0.974 bits per heavy atom. The molecule has 4 aromatic rings. The average Bonchev–Trinajstić information content (AvgIpc) is 3.59. The summed E-state index contributed by atoms with van der Waals surface area (Å²) in [6.45, 7) is 7.81. The average molecular weight is 544 g/mol. The van der Waals surface area contributed by atoms with Gasteiger partial charge in [0.05, 0.1) is 12.2 Å². The van der Waals surface area contributed by atoms with Gasteiger partial charge in [-0.25, -0.2) is 4.79 Å². The maximum Gasteiger partial charge on any atom is 0.345 e. The Labute approximate surface area is 232 Å². The van der Waals surface area contributed by atoms with Gasteiger partial charge in [-0.1, -0.05) is 6.07 Å². The van der Waals surface area contributed by atoms with E-state index in [1.807, 2.05) is 57.4 Å². The molecule has 1 fully saturated rings. The van der Waals surface area contributed by atoms with Crippen LogP contribution < -0.4 is 10.2 Å². The van der Waals surface area contributed by atoms with Crippen LogP contribution in [0.1, 0.15) is 44.1 Å². The van der Waals surface area contributed by atoms with Crippen LogP contribution in [0.15, 0.2) is 60.9 Å². The van der Waals surface area contributed by atoms with Gasteiger partial charge >= 0.3 is 5.97 Å². The Morgan fingerprint density at radius 3 is 2.38 bits per heavy atom. The molecule has 2 aromatic heterocycles. The van der Waals surface area contributed by atoms with Crippen molar-refractivity contribution >= 4 is 28.9 Å². The number of hydrogen-bond acceptors (Lipinski definition) is 6. The van der Waals surface area contributed by atoms with Gasteiger partial charge in [-0.3, -0.25) is 9.48 Å². The largest absolute Gasteiger partial charge is 0.477 e. The van der Waals surface area contributed by atoms with Crippen LogP contribution in [0.25, 0.3) is 21.6 Å². The van der Waals surface area contributed by atoms with Crippen LogP contribution in [0.3, 0.4) is 0 Å². The third kappa shape index (κ3) is 5.89. The molecule has 0 spiro atoms. The van der Waals surface area contributed by atoms with Crippen molar-refractivity contribution in [3.8, 4) is 21.6 Å². The second-order valence-electron chi connectivity index (χ2n) is 10.2. The van der Waals surface area contributed by atoms with Crippen LogP contribution in [0.4, 0.5) is 5.69 Å². The fourth-order valence-corrected chi connectivity index (χ4v) is 5.69. The van der Waals surface area contributed by atoms with Gasteiger partial charge in [-0.2, -0.15) is 5.10 Å². The topological polar surface area (TPSA) is 90.7 Å². The first-order valence-electron chi connectivity index (χ1n) is 13.0. The molecule has 9 heteroatoms. The summed E-state index contributed by atoms with van der Waals surface area (Å²) in [5, 5.41) is 16.9. The van der Waals surface area contributed by atoms with Crippen molar-refractivity contribution in [3.63, 3.8) is 0 Å². The molecule has 0 unspecified atom stereocenters. The number of likely N-dealkylation sites (N-methyl/N-ethyl adjacent to an activating group) is 1. The highest BCUT2D eigenvalue weighted by atomic mass is 32.1. The quantitative estimate of drug-likeness (QED) is 0.339. The monoisotopic (exact) mass is 543 g/mol. The second kappa shape index (κ2) is 11.0. The van der Waals surface area contributed by atoms with E-state index in [1.54, 1.807) is 16.9 Å². The number of anilines is 1. The van der Waals surface area contributed by atoms with Crippen LogP contribution in [-0.2, 0) is 7.05 Å². The molecular weight excluding hydrogens is 510 g/mol. The van der Waals surface area contributed by atoms with Crippen LogP contribution in [-0.4, -0.2) is 64.9 Å². The molecular formula is C30H33N5O3S. The Bertz CT molecular complexity index is 1520. The number of benzene rings is 2. The number of carbonyl (C=O) groups excluding carboxylic acids is 1. The highest BCUT2D eigenvalue weighted by Crippen LogP contribution is 2.34. The maximum atomic E-state index is 13.5. The number of thiophene rings is 1. The number of nitrogens with zero attached hydrogens (tertiary/aromatic N) is 4. The summed E-state index contributed by atoms with van der Waals surface area (Å²) in [5.74, 6) is -1.06. The molecule has 0 radical (unpaired) electrons. The van der Waals surface area contributed by atoms with E-state index in [9.17, 15) is 14.7 Å². The number of carboxylic acids is 1. The number of hydrogen-bond donors (Lipinski definition) is 2. The molecule has 202 valence electrons. The number of piperazine rings is 1. The van der Waals surface area contributed by atoms with E-state index in [0.29, 0.717) is 5.56 Å². The minimum Gasteiger partial charge on any atom is -0.477 e. The van der Waals surface area contributed by atoms with Crippen molar-refractivity contribution < 1.29 is 14.7 Å². The van der Waals surface area contributed by atoms with E-state index in [2.05, 4.69) is 39.4 Å². The lowest BCUT2D eigenvalue weighted by atomic mass is 9.97. The molecule has 0 bridgehead atoms. The van der Waals surface area contributed by atoms with Gasteiger partial charge in [-0.05, 0) is 85.6 Å². The number of carbonyl (C=O) groups is 2. The third-order valence-corrected chi connectivity index (χ3v) is 8.40. The maximum absolute atomic E-state index is 13.5. The van der Waals surface area contributed by atoms with Crippen molar-refractivity contribution in [1.82, 2.24) is 20.0 Å². The summed E-state index contributed by atoms with van der Waals surface area (Å²) in [7, 11) is 4.00. The van der Waals surface area contributed by atoms with Gasteiger partial charge in [-0.15, -0.1) is 11.3 Å². The van der Waals surface area contributed by atoms with E-state index in [0.717, 1.165) is 64.6 Å². The Hall–Kier alpha value is -3.95. The van der Waals surface area contributed by atoms with Crippen molar-refractivity contribution in [3.05, 3.63) is 82.5 Å². The summed E-state index contributed by atoms with van der Waals surface area (Å²) in [4.78, 5) is 30.8. The lowest BCUT2D eigenvalue weighted by Crippen LogP contribution is -2.44. The summed E-state index contributed by atoms with van der Waals surface area (Å²) in [6, 6.07) is 15.4. The Kier molecular flexibility index (Phi) is 7.54. The van der Waals surface area contributed by atoms with Crippen LogP contribution in [0.5, 0.6) is 0 Å². The summed E-state index contributed by atoms with van der Waals surface area (Å²) >= 11 is 1.24. The fraction of sp³-hybridized carbons (Fsp3) is 0.300. The van der Waals surface area contributed by atoms with Gasteiger partial charge in [0.15, 0.2) is 0 Å². The van der Waals surface area contributed by atoms with E-state index in [1.165, 1.54) is 11.3 Å². The standard InChI is InChI=1S/C30H33N5O3S/c1-19-5-6-25(35-11-9-33(3)10-12-35)16-26(19)29(36)32-20(2)21-13-22(24-17-31-34(4)18-24)15-23(14-21)27-7-8-28(39-27)30(37)38/h5-8,13-18,20H,9-12H2,1-4H3,(H,32,36)(H,37,38)/t20-/m1/s1. The highest BCUT2D eigenvalue weighted by Gasteiger charge is 2.20. The van der Waals surface area contributed by atoms with E-state index < -0.39 is 5.97 Å². The zero-order valence-corrected chi connectivity index (χ0v) is 23.5. The molecule has 5 rings (SSSR count). The molecule has 39 heavy (non-hydrogen) atoms. The molecule has 8 nitrogen and oxygen atoms in total. The highest BCUT2D eigenvalue weighted by molar-refractivity contribution is 7.17. The first-order valence-corrected chi connectivity index (χ1v) is 13.8. The minimum atomic E-state index is -0.940. The Balaban J connectivity index is 1.43. The van der Waals surface area contributed by atoms with Gasteiger partial charge in [0, 0.05) is 61.1 Å². The summed E-state index contributed by atoms with van der Waals surface area (Å²) in [6.07, 6.45) is 3.74. The van der Waals surface area contributed by atoms with Gasteiger partial charge in [0.1, 0.15) is 4.88 Å². The summed E-state index contributed by atoms with van der Waals surface area (Å²) in [5.41, 5.74) is 6.41. The van der Waals surface area contributed by atoms with Gasteiger partial charge in [0.2, 0.25) is 0 Å². The summed E-state index contributed by atoms with van der Waals surface area (Å²) < 4.78 is 1.75. The zero-order chi connectivity index (χ0) is 27.7. The molecule has 1 saturated heterocycles. The first kappa shape index (κ1) is 26.6. The lowest BCUT2D eigenvalue weighted by molar-refractivity contribution is 0.0701. The second-order valence-corrected chi connectivity index (χ2v) is 11.3. The number of rotatable bonds is 7. The number of carboxylic acid groups (broad SMARTS) is 1. The van der Waals surface area contributed by atoms with Crippen LogP contribution in [0, 0.1) is 6.92 Å². The zero-order valence-electron chi connectivity index (χ0n) is 22.6. The molecule has 3 heterocycles. The molecule has 0 saturated carbocycles. The number of aromatic carboxylic acids is 1. The van der Waals surface area contributed by atoms with Crippen molar-refractivity contribution in [1.29, 1.82) is 0 Å². The predicted molar refractivity (Wildman–Crippen MR) is 156 cm³/mol. The van der Waals surface area contributed by atoms with Crippen molar-refractivity contribution in [2.24, 2.45) is 7.05 Å². The normalized spacial score (nSPS) is 14.8. The lowest BCUT2D eigenvalue weighted by Gasteiger charge is -2.34. The number of aromatic nitrogens is 2. The number of aryl methyl sites for hydroxylation is 2.